The fourth-order valence-electron chi connectivity index (χ4n) is 1.70. The van der Waals surface area contributed by atoms with Crippen LogP contribution in [0, 0.1) is 0 Å². The Hall–Kier alpha value is -0.830. The van der Waals surface area contributed by atoms with Crippen molar-refractivity contribution in [1.82, 2.24) is 0 Å². The summed E-state index contributed by atoms with van der Waals surface area (Å²) in [5.41, 5.74) is 1.29. The Balaban J connectivity index is 2.47. The summed E-state index contributed by atoms with van der Waals surface area (Å²) in [5.74, 6) is -0.151. The predicted octanol–water partition coefficient (Wildman–Crippen LogP) is 3.88. The van der Waals surface area contributed by atoms with Gasteiger partial charge in [-0.15, -0.1) is 13.2 Å². The summed E-state index contributed by atoms with van der Waals surface area (Å²) in [7, 11) is 0. The van der Waals surface area contributed by atoms with Crippen LogP contribution in [0.5, 0.6) is 0 Å². The molecule has 1 aliphatic rings. The number of allylic oxidation sites excluding steroid dienone is 3. The molecular weight excluding hydrogens is 268 g/mol. The van der Waals surface area contributed by atoms with Crippen LogP contribution in [0.4, 0.5) is 0 Å². The minimum absolute atomic E-state index is 0.0905. The number of esters is 1. The van der Waals surface area contributed by atoms with Crippen molar-refractivity contribution in [2.45, 2.75) is 38.2 Å². The smallest absolute Gasteiger partial charge is 0.306 e. The topological polar surface area (TPSA) is 26.3 Å². The molecule has 0 saturated heterocycles. The fourth-order valence-corrected chi connectivity index (χ4v) is 2.38. The molecule has 16 heavy (non-hydrogen) atoms. The first-order valence-corrected chi connectivity index (χ1v) is 6.27. The van der Waals surface area contributed by atoms with Crippen molar-refractivity contribution in [3.05, 3.63) is 35.4 Å². The zero-order chi connectivity index (χ0) is 12.0. The zero-order valence-corrected chi connectivity index (χ0v) is 11.0. The molecule has 1 rings (SSSR count). The van der Waals surface area contributed by atoms with Gasteiger partial charge >= 0.3 is 5.97 Å². The summed E-state index contributed by atoms with van der Waals surface area (Å²) in [6.45, 7) is 7.29. The largest absolute Gasteiger partial charge is 0.457 e. The maximum absolute atomic E-state index is 11.4. The van der Waals surface area contributed by atoms with Gasteiger partial charge in [0.1, 0.15) is 6.10 Å². The predicted molar refractivity (Wildman–Crippen MR) is 69.3 cm³/mol. The Labute approximate surface area is 105 Å². The van der Waals surface area contributed by atoms with Crippen LogP contribution >= 0.6 is 15.9 Å². The molecule has 2 nitrogen and oxygen atoms in total. The lowest BCUT2D eigenvalue weighted by Gasteiger charge is -2.12. The highest BCUT2D eigenvalue weighted by molar-refractivity contribution is 9.11. The summed E-state index contributed by atoms with van der Waals surface area (Å²) in [6.07, 6.45) is 7.32. The minimum atomic E-state index is -0.151. The minimum Gasteiger partial charge on any atom is -0.457 e. The highest BCUT2D eigenvalue weighted by Gasteiger charge is 2.25. The van der Waals surface area contributed by atoms with Gasteiger partial charge in [0.25, 0.3) is 0 Å². The van der Waals surface area contributed by atoms with Crippen LogP contribution < -0.4 is 0 Å². The maximum atomic E-state index is 11.4. The molecule has 0 aromatic carbocycles. The first-order valence-electron chi connectivity index (χ1n) is 5.47. The van der Waals surface area contributed by atoms with E-state index in [1.807, 2.05) is 6.08 Å². The molecule has 0 saturated carbocycles. The fraction of sp³-hybridized carbons (Fsp3) is 0.462. The van der Waals surface area contributed by atoms with Gasteiger partial charge in [-0.3, -0.25) is 4.79 Å². The number of ether oxygens (including phenoxy) is 1. The van der Waals surface area contributed by atoms with Gasteiger partial charge in [0.15, 0.2) is 0 Å². The standard InChI is InChI=1S/C13H17BrO2/c1-3-5-7-12(15)16-11-9-8-10(6-4-2)13(11)14/h3-4,11H,1-2,5-9H2. The molecule has 1 aliphatic carbocycles. The normalized spacial score (nSPS) is 19.7. The van der Waals surface area contributed by atoms with Gasteiger partial charge in [-0.1, -0.05) is 33.7 Å². The van der Waals surface area contributed by atoms with Gasteiger partial charge < -0.3 is 4.74 Å². The van der Waals surface area contributed by atoms with Gasteiger partial charge in [0, 0.05) is 10.9 Å². The molecule has 88 valence electrons. The van der Waals surface area contributed by atoms with E-state index in [1.54, 1.807) is 6.08 Å². The molecule has 0 aromatic rings. The molecule has 0 aromatic heterocycles. The van der Waals surface area contributed by atoms with Crippen molar-refractivity contribution in [1.29, 1.82) is 0 Å². The summed E-state index contributed by atoms with van der Waals surface area (Å²) in [5, 5.41) is 0. The van der Waals surface area contributed by atoms with Crippen LogP contribution in [0.15, 0.2) is 35.4 Å². The third kappa shape index (κ3) is 3.63. The molecule has 0 aliphatic heterocycles. The van der Waals surface area contributed by atoms with E-state index in [9.17, 15) is 4.79 Å². The molecule has 1 unspecified atom stereocenters. The van der Waals surface area contributed by atoms with Crippen LogP contribution in [0.3, 0.4) is 0 Å². The summed E-state index contributed by atoms with van der Waals surface area (Å²) in [4.78, 5) is 11.4. The van der Waals surface area contributed by atoms with E-state index in [1.165, 1.54) is 5.57 Å². The highest BCUT2D eigenvalue weighted by atomic mass is 79.9. The Morgan fingerprint density at radius 3 is 2.88 bits per heavy atom. The molecule has 0 amide bonds. The molecule has 0 spiro atoms. The lowest BCUT2D eigenvalue weighted by molar-refractivity contribution is -0.146. The Morgan fingerprint density at radius 1 is 1.50 bits per heavy atom. The van der Waals surface area contributed by atoms with Gasteiger partial charge in [-0.05, 0) is 25.7 Å². The lowest BCUT2D eigenvalue weighted by atomic mass is 10.2. The van der Waals surface area contributed by atoms with Crippen molar-refractivity contribution >= 4 is 21.9 Å². The molecular formula is C13H17BrO2. The monoisotopic (exact) mass is 284 g/mol. The number of hydrogen-bond donors (Lipinski definition) is 0. The zero-order valence-electron chi connectivity index (χ0n) is 9.38. The van der Waals surface area contributed by atoms with E-state index in [2.05, 4.69) is 29.1 Å². The number of carbonyl (C=O) groups excluding carboxylic acids is 1. The number of hydrogen-bond acceptors (Lipinski definition) is 2. The second-order valence-electron chi connectivity index (χ2n) is 3.79. The summed E-state index contributed by atoms with van der Waals surface area (Å²) >= 11 is 3.50. The number of carbonyl (C=O) groups is 1. The van der Waals surface area contributed by atoms with Crippen LogP contribution in [0.1, 0.15) is 32.1 Å². The number of halogens is 1. The van der Waals surface area contributed by atoms with Crippen molar-refractivity contribution < 1.29 is 9.53 Å². The second kappa shape index (κ2) is 6.69. The van der Waals surface area contributed by atoms with Crippen molar-refractivity contribution in [3.8, 4) is 0 Å². The molecule has 1 atom stereocenters. The Kier molecular flexibility index (Phi) is 5.53. The van der Waals surface area contributed by atoms with E-state index in [4.69, 9.17) is 4.74 Å². The molecule has 3 heteroatoms. The first-order chi connectivity index (χ1) is 7.69. The van der Waals surface area contributed by atoms with Crippen LogP contribution in [-0.2, 0) is 9.53 Å². The van der Waals surface area contributed by atoms with Crippen LogP contribution in [0.25, 0.3) is 0 Å². The highest BCUT2D eigenvalue weighted by Crippen LogP contribution is 2.35. The first kappa shape index (κ1) is 13.2. The van der Waals surface area contributed by atoms with Gasteiger partial charge in [0.05, 0.1) is 0 Å². The van der Waals surface area contributed by atoms with Crippen molar-refractivity contribution in [2.75, 3.05) is 0 Å². The SMILES string of the molecule is C=CCCC(=O)OC1CCC(CC=C)=C1Br. The number of rotatable bonds is 6. The summed E-state index contributed by atoms with van der Waals surface area (Å²) in [6, 6.07) is 0. The van der Waals surface area contributed by atoms with Crippen LogP contribution in [0.2, 0.25) is 0 Å². The molecule has 0 bridgehead atoms. The van der Waals surface area contributed by atoms with E-state index >= 15 is 0 Å². The van der Waals surface area contributed by atoms with Crippen molar-refractivity contribution in [3.63, 3.8) is 0 Å². The average molecular weight is 285 g/mol. The third-order valence-corrected chi connectivity index (χ3v) is 3.62. The lowest BCUT2D eigenvalue weighted by Crippen LogP contribution is -2.15. The molecule has 0 radical (unpaired) electrons. The van der Waals surface area contributed by atoms with Crippen molar-refractivity contribution in [2.24, 2.45) is 0 Å². The van der Waals surface area contributed by atoms with E-state index < -0.39 is 0 Å². The second-order valence-corrected chi connectivity index (χ2v) is 4.64. The Morgan fingerprint density at radius 2 is 2.25 bits per heavy atom. The van der Waals surface area contributed by atoms with Crippen LogP contribution in [-0.4, -0.2) is 12.1 Å². The molecule has 0 heterocycles. The quantitative estimate of drug-likeness (QED) is 0.547. The van der Waals surface area contributed by atoms with E-state index in [-0.39, 0.29) is 12.1 Å². The third-order valence-electron chi connectivity index (χ3n) is 2.55. The Bertz CT molecular complexity index is 318. The van der Waals surface area contributed by atoms with Gasteiger partial charge in [0.2, 0.25) is 0 Å². The van der Waals surface area contributed by atoms with Gasteiger partial charge in [-0.25, -0.2) is 0 Å². The maximum Gasteiger partial charge on any atom is 0.306 e. The van der Waals surface area contributed by atoms with Gasteiger partial charge in [-0.2, -0.15) is 0 Å². The summed E-state index contributed by atoms with van der Waals surface area (Å²) < 4.78 is 6.40. The molecule has 0 N–H and O–H groups in total. The van der Waals surface area contributed by atoms with E-state index in [0.29, 0.717) is 12.8 Å². The molecule has 0 fully saturated rings. The van der Waals surface area contributed by atoms with E-state index in [0.717, 1.165) is 23.7 Å². The average Bonchev–Trinajstić information content (AvgIpc) is 2.59.